The van der Waals surface area contributed by atoms with E-state index in [0.717, 1.165) is 90.2 Å². The number of hydrogen-bond acceptors (Lipinski definition) is 9. The number of nitrogens with one attached hydrogen (secondary N) is 1. The molecule has 2 fully saturated rings. The summed E-state index contributed by atoms with van der Waals surface area (Å²) >= 11 is 8.18. The first kappa shape index (κ1) is 28.6. The van der Waals surface area contributed by atoms with Gasteiger partial charge in [0.1, 0.15) is 11.8 Å². The minimum atomic E-state index is 0.452. The van der Waals surface area contributed by atoms with Gasteiger partial charge in [-0.05, 0) is 50.2 Å². The third kappa shape index (κ3) is 5.88. The van der Waals surface area contributed by atoms with E-state index < -0.39 is 0 Å². The smallest absolute Gasteiger partial charge is 0.172 e. The Labute approximate surface area is 256 Å². The van der Waals surface area contributed by atoms with Crippen LogP contribution in [0.15, 0.2) is 59.0 Å². The molecule has 6 rings (SSSR count). The minimum Gasteiger partial charge on any atom is -0.495 e. The largest absolute Gasteiger partial charge is 0.495 e. The van der Waals surface area contributed by atoms with Crippen LogP contribution in [0.1, 0.15) is 18.4 Å². The highest BCUT2D eigenvalue weighted by Crippen LogP contribution is 2.40. The molecule has 2 saturated heterocycles. The van der Waals surface area contributed by atoms with Crippen molar-refractivity contribution in [1.82, 2.24) is 24.3 Å². The van der Waals surface area contributed by atoms with Crippen LogP contribution in [0.3, 0.4) is 0 Å². The number of anilines is 3. The number of piperidine rings is 1. The van der Waals surface area contributed by atoms with Crippen molar-refractivity contribution < 1.29 is 4.74 Å². The van der Waals surface area contributed by atoms with Crippen LogP contribution >= 0.6 is 23.4 Å². The van der Waals surface area contributed by atoms with Gasteiger partial charge < -0.3 is 24.4 Å². The first-order chi connectivity index (χ1) is 20.4. The van der Waals surface area contributed by atoms with Gasteiger partial charge in [-0.3, -0.25) is 9.88 Å². The lowest BCUT2D eigenvalue weighted by Crippen LogP contribution is -2.52. The SMILES string of the molecule is COc1cc2c(Nc3ccc(Sc4nccn4C)c(Cl)c3)c(C#N)cnc2cc1N1CCC(N2CCN(C)CC2)CC1. The predicted molar refractivity (Wildman–Crippen MR) is 169 cm³/mol. The van der Waals surface area contributed by atoms with Crippen molar-refractivity contribution in [2.45, 2.75) is 28.9 Å². The minimum absolute atomic E-state index is 0.452. The summed E-state index contributed by atoms with van der Waals surface area (Å²) in [7, 11) is 5.86. The number of benzene rings is 2. The highest BCUT2D eigenvalue weighted by atomic mass is 35.5. The van der Waals surface area contributed by atoms with Gasteiger partial charge in [0.2, 0.25) is 0 Å². The molecule has 42 heavy (non-hydrogen) atoms. The van der Waals surface area contributed by atoms with Crippen LogP contribution in [-0.2, 0) is 7.05 Å². The van der Waals surface area contributed by atoms with Gasteiger partial charge in [0.15, 0.2) is 5.16 Å². The lowest BCUT2D eigenvalue weighted by Gasteiger charge is -2.42. The third-order valence-corrected chi connectivity index (χ3v) is 9.90. The summed E-state index contributed by atoms with van der Waals surface area (Å²) in [5.74, 6) is 0.778. The molecular weight excluding hydrogens is 568 g/mol. The maximum Gasteiger partial charge on any atom is 0.172 e. The van der Waals surface area contributed by atoms with E-state index in [1.54, 1.807) is 19.5 Å². The van der Waals surface area contributed by atoms with E-state index in [9.17, 15) is 5.26 Å². The summed E-state index contributed by atoms with van der Waals surface area (Å²) in [5, 5.41) is 15.7. The molecule has 11 heteroatoms. The molecule has 0 amide bonds. The summed E-state index contributed by atoms with van der Waals surface area (Å²) in [6.45, 7) is 6.54. The fourth-order valence-electron chi connectivity index (χ4n) is 5.85. The van der Waals surface area contributed by atoms with Gasteiger partial charge >= 0.3 is 0 Å². The quantitative estimate of drug-likeness (QED) is 0.290. The average molecular weight is 603 g/mol. The number of piperazine rings is 1. The summed E-state index contributed by atoms with van der Waals surface area (Å²) in [5.41, 5.74) is 3.77. The van der Waals surface area contributed by atoms with Crippen LogP contribution in [0.4, 0.5) is 17.1 Å². The molecule has 0 atom stereocenters. The number of ether oxygens (including phenoxy) is 1. The van der Waals surface area contributed by atoms with E-state index in [0.29, 0.717) is 22.3 Å². The van der Waals surface area contributed by atoms with E-state index in [2.05, 4.69) is 49.2 Å². The second-order valence-electron chi connectivity index (χ2n) is 11.0. The number of fused-ring (bicyclic) bond motifs is 1. The van der Waals surface area contributed by atoms with E-state index in [1.807, 2.05) is 42.1 Å². The van der Waals surface area contributed by atoms with Gasteiger partial charge in [-0.1, -0.05) is 23.4 Å². The molecule has 0 bridgehead atoms. The molecule has 0 radical (unpaired) electrons. The first-order valence-electron chi connectivity index (χ1n) is 14.2. The van der Waals surface area contributed by atoms with Gasteiger partial charge in [0.25, 0.3) is 0 Å². The molecule has 2 aromatic heterocycles. The van der Waals surface area contributed by atoms with Crippen LogP contribution < -0.4 is 15.0 Å². The van der Waals surface area contributed by atoms with Gasteiger partial charge in [-0.15, -0.1) is 0 Å². The fourth-order valence-corrected chi connectivity index (χ4v) is 6.96. The van der Waals surface area contributed by atoms with Gasteiger partial charge in [0.05, 0.1) is 34.6 Å². The summed E-state index contributed by atoms with van der Waals surface area (Å²) < 4.78 is 7.86. The molecular formula is C31H35ClN8OS. The van der Waals surface area contributed by atoms with Crippen molar-refractivity contribution in [2.24, 2.45) is 7.05 Å². The Bertz CT molecular complexity index is 1620. The topological polar surface area (TPSA) is 85.5 Å². The van der Waals surface area contributed by atoms with Crippen LogP contribution in [0.25, 0.3) is 10.9 Å². The second-order valence-corrected chi connectivity index (χ2v) is 12.4. The average Bonchev–Trinajstić information content (AvgIpc) is 3.42. The number of hydrogen-bond donors (Lipinski definition) is 1. The monoisotopic (exact) mass is 602 g/mol. The molecule has 0 spiro atoms. The lowest BCUT2D eigenvalue weighted by molar-refractivity contribution is 0.0981. The number of halogens is 1. The summed E-state index contributed by atoms with van der Waals surface area (Å²) in [6.07, 6.45) is 7.57. The number of aromatic nitrogens is 3. The maximum absolute atomic E-state index is 9.94. The molecule has 4 heterocycles. The van der Waals surface area contributed by atoms with Gasteiger partial charge in [-0.2, -0.15) is 5.26 Å². The van der Waals surface area contributed by atoms with E-state index in [-0.39, 0.29) is 0 Å². The standard InChI is InChI=1S/C31H35ClN8OS/c1-37-12-14-39(15-13-37)23-6-9-40(10-7-23)27-18-26-24(17-28(27)41-3)30(21(19-33)20-35-26)36-22-4-5-29(25(32)16-22)42-31-34-8-11-38(31)2/h4-5,8,11,16-18,20,23H,6-7,9-10,12-15H2,1-3H3,(H,35,36). The predicted octanol–water partition coefficient (Wildman–Crippen LogP) is 5.61. The number of likely N-dealkylation sites (N-methyl/N-ethyl adjacent to an activating group) is 1. The number of nitrogens with zero attached hydrogens (tertiary/aromatic N) is 7. The fraction of sp³-hybridized carbons (Fsp3) is 0.387. The number of imidazole rings is 1. The number of rotatable bonds is 7. The van der Waals surface area contributed by atoms with Crippen molar-refractivity contribution in [3.63, 3.8) is 0 Å². The molecule has 4 aromatic rings. The molecule has 0 saturated carbocycles. The molecule has 0 aliphatic carbocycles. The van der Waals surface area contributed by atoms with Crippen molar-refractivity contribution in [1.29, 1.82) is 5.26 Å². The number of nitriles is 1. The zero-order chi connectivity index (χ0) is 29.2. The normalized spacial score (nSPS) is 17.0. The van der Waals surface area contributed by atoms with E-state index >= 15 is 0 Å². The molecule has 218 valence electrons. The summed E-state index contributed by atoms with van der Waals surface area (Å²) in [6, 6.07) is 12.8. The second kappa shape index (κ2) is 12.4. The van der Waals surface area contributed by atoms with Crippen molar-refractivity contribution in [3.05, 3.63) is 59.5 Å². The maximum atomic E-state index is 9.94. The summed E-state index contributed by atoms with van der Waals surface area (Å²) in [4.78, 5) is 17.4. The Morgan fingerprint density at radius 3 is 2.50 bits per heavy atom. The lowest BCUT2D eigenvalue weighted by atomic mass is 10.0. The van der Waals surface area contributed by atoms with Crippen LogP contribution in [0.2, 0.25) is 5.02 Å². The molecule has 2 aromatic carbocycles. The van der Waals surface area contributed by atoms with Crippen LogP contribution in [-0.4, -0.2) is 83.8 Å². The zero-order valence-corrected chi connectivity index (χ0v) is 25.8. The Morgan fingerprint density at radius 2 is 1.83 bits per heavy atom. The highest BCUT2D eigenvalue weighted by molar-refractivity contribution is 7.99. The first-order valence-corrected chi connectivity index (χ1v) is 15.4. The van der Waals surface area contributed by atoms with E-state index in [1.165, 1.54) is 11.8 Å². The molecule has 2 aliphatic rings. The molecule has 2 aliphatic heterocycles. The number of methoxy groups -OCH3 is 1. The van der Waals surface area contributed by atoms with Crippen molar-refractivity contribution in [3.8, 4) is 11.8 Å². The number of aryl methyl sites for hydroxylation is 1. The Kier molecular flexibility index (Phi) is 8.45. The Balaban J connectivity index is 1.24. The van der Waals surface area contributed by atoms with Crippen molar-refractivity contribution in [2.75, 3.05) is 63.6 Å². The Morgan fingerprint density at radius 1 is 1.05 bits per heavy atom. The third-order valence-electron chi connectivity index (χ3n) is 8.33. The van der Waals surface area contributed by atoms with Gasteiger partial charge in [-0.25, -0.2) is 4.98 Å². The van der Waals surface area contributed by atoms with Crippen LogP contribution in [0, 0.1) is 11.3 Å². The zero-order valence-electron chi connectivity index (χ0n) is 24.2. The Hall–Kier alpha value is -3.49. The van der Waals surface area contributed by atoms with Gasteiger partial charge in [0, 0.05) is 86.9 Å². The molecule has 0 unspecified atom stereocenters. The number of pyridine rings is 1. The van der Waals surface area contributed by atoms with E-state index in [4.69, 9.17) is 16.3 Å². The highest BCUT2D eigenvalue weighted by Gasteiger charge is 2.28. The molecule has 1 N–H and O–H groups in total. The molecule has 9 nitrogen and oxygen atoms in total. The van der Waals surface area contributed by atoms with Crippen molar-refractivity contribution >= 4 is 51.3 Å². The van der Waals surface area contributed by atoms with Crippen LogP contribution in [0.5, 0.6) is 5.75 Å².